The van der Waals surface area contributed by atoms with Crippen molar-refractivity contribution in [2.24, 2.45) is 11.8 Å². The van der Waals surface area contributed by atoms with Gasteiger partial charge in [0.1, 0.15) is 11.3 Å². The van der Waals surface area contributed by atoms with E-state index >= 15 is 0 Å². The van der Waals surface area contributed by atoms with E-state index in [0.29, 0.717) is 11.3 Å². The quantitative estimate of drug-likeness (QED) is 0.470. The van der Waals surface area contributed by atoms with Crippen LogP contribution in [0.1, 0.15) is 36.6 Å². The van der Waals surface area contributed by atoms with E-state index in [2.05, 4.69) is 0 Å². The van der Waals surface area contributed by atoms with Crippen LogP contribution in [0, 0.1) is 18.8 Å². The van der Waals surface area contributed by atoms with Crippen molar-refractivity contribution >= 4 is 23.6 Å². The molecule has 2 aromatic carbocycles. The summed E-state index contributed by atoms with van der Waals surface area (Å²) in [6.45, 7) is 5.25. The third-order valence-electron chi connectivity index (χ3n) is 7.16. The van der Waals surface area contributed by atoms with Crippen LogP contribution >= 0.6 is 0 Å². The third-order valence-corrected chi connectivity index (χ3v) is 7.16. The van der Waals surface area contributed by atoms with E-state index in [4.69, 9.17) is 9.47 Å². The van der Waals surface area contributed by atoms with Crippen LogP contribution in [0.3, 0.4) is 0 Å². The number of halogens is 3. The summed E-state index contributed by atoms with van der Waals surface area (Å²) < 4.78 is 50.4. The number of hydrogen-bond donors (Lipinski definition) is 0. The van der Waals surface area contributed by atoms with E-state index < -0.39 is 53.1 Å². The van der Waals surface area contributed by atoms with Gasteiger partial charge >= 0.3 is 18.2 Å². The number of alkyl halides is 3. The number of urea groups is 1. The largest absolute Gasteiger partial charge is 0.493 e. The van der Waals surface area contributed by atoms with Gasteiger partial charge in [-0.25, -0.2) is 9.69 Å². The maximum absolute atomic E-state index is 13.8. The van der Waals surface area contributed by atoms with Gasteiger partial charge in [0.15, 0.2) is 0 Å². The first-order valence-corrected chi connectivity index (χ1v) is 11.2. The smallest absolute Gasteiger partial charge is 0.416 e. The van der Waals surface area contributed by atoms with E-state index in [1.165, 1.54) is 11.8 Å². The third kappa shape index (κ3) is 3.22. The molecule has 2 fully saturated rings. The lowest BCUT2D eigenvalue weighted by molar-refractivity contribution is -0.154. The molecule has 3 aliphatic heterocycles. The number of fused-ring (bicyclic) bond motifs is 5. The molecular formula is C25H23F3N2O5. The number of imide groups is 1. The van der Waals surface area contributed by atoms with E-state index in [9.17, 15) is 27.6 Å². The minimum absolute atomic E-state index is 0.000640. The second kappa shape index (κ2) is 7.73. The molecule has 35 heavy (non-hydrogen) atoms. The minimum atomic E-state index is -4.56. The highest BCUT2D eigenvalue weighted by atomic mass is 19.4. The Morgan fingerprint density at radius 1 is 1.17 bits per heavy atom. The van der Waals surface area contributed by atoms with Gasteiger partial charge in [0.05, 0.1) is 36.4 Å². The topological polar surface area (TPSA) is 76.2 Å². The summed E-state index contributed by atoms with van der Waals surface area (Å²) in [6, 6.07) is 7.97. The zero-order chi connectivity index (χ0) is 25.3. The molecule has 0 spiro atoms. The lowest BCUT2D eigenvalue weighted by atomic mass is 9.77. The maximum Gasteiger partial charge on any atom is 0.416 e. The minimum Gasteiger partial charge on any atom is -0.493 e. The van der Waals surface area contributed by atoms with Crippen molar-refractivity contribution in [1.82, 2.24) is 4.90 Å². The molecule has 2 aromatic rings. The van der Waals surface area contributed by atoms with Crippen LogP contribution in [0.2, 0.25) is 0 Å². The number of ether oxygens (including phenoxy) is 2. The van der Waals surface area contributed by atoms with Crippen molar-refractivity contribution in [3.05, 3.63) is 59.2 Å². The van der Waals surface area contributed by atoms with Gasteiger partial charge in [0.2, 0.25) is 0 Å². The zero-order valence-electron chi connectivity index (χ0n) is 19.3. The molecule has 3 amide bonds. The number of hydrogen-bond acceptors (Lipinski definition) is 5. The Morgan fingerprint density at radius 3 is 2.49 bits per heavy atom. The van der Waals surface area contributed by atoms with Gasteiger partial charge in [0.25, 0.3) is 5.91 Å². The number of rotatable bonds is 3. The summed E-state index contributed by atoms with van der Waals surface area (Å²) in [4.78, 5) is 43.0. The van der Waals surface area contributed by atoms with Crippen molar-refractivity contribution < 1.29 is 37.0 Å². The van der Waals surface area contributed by atoms with Crippen LogP contribution < -0.4 is 9.64 Å². The van der Waals surface area contributed by atoms with Crippen molar-refractivity contribution in [2.45, 2.75) is 38.5 Å². The maximum atomic E-state index is 13.8. The highest BCUT2D eigenvalue weighted by Gasteiger charge is 2.72. The molecule has 10 heteroatoms. The van der Waals surface area contributed by atoms with Crippen molar-refractivity contribution in [1.29, 1.82) is 0 Å². The van der Waals surface area contributed by atoms with Gasteiger partial charge in [-0.15, -0.1) is 0 Å². The fraction of sp³-hybridized carbons (Fsp3) is 0.400. The Labute approximate surface area is 199 Å². The standard InChI is InChI=1S/C25H23F3N2O5/c1-4-34-21(31)19-17-12-35-18-10-5-13(2)11-16(18)20(17)30-23(33)29(22(32)24(19,30)3)15-8-6-14(7-9-15)25(26,27)28/h5-11,17,19-20H,4,12H2,1-3H3/t17-,19+,20+,24+/m1/s1. The highest BCUT2D eigenvalue weighted by Crippen LogP contribution is 2.58. The van der Waals surface area contributed by atoms with Gasteiger partial charge in [-0.2, -0.15) is 13.2 Å². The molecule has 3 aliphatic rings. The number of nitrogens with zero attached hydrogens (tertiary/aromatic N) is 2. The van der Waals surface area contributed by atoms with Gasteiger partial charge in [-0.1, -0.05) is 17.7 Å². The number of aryl methyl sites for hydroxylation is 1. The monoisotopic (exact) mass is 488 g/mol. The Hall–Kier alpha value is -3.56. The average Bonchev–Trinajstić information content (AvgIpc) is 3.18. The normalized spacial score (nSPS) is 27.3. The fourth-order valence-corrected chi connectivity index (χ4v) is 5.64. The lowest BCUT2D eigenvalue weighted by Gasteiger charge is -2.34. The predicted molar refractivity (Wildman–Crippen MR) is 118 cm³/mol. The summed E-state index contributed by atoms with van der Waals surface area (Å²) in [5.74, 6) is -2.31. The average molecular weight is 488 g/mol. The number of carbonyl (C=O) groups is 3. The molecule has 7 nitrogen and oxygen atoms in total. The first kappa shape index (κ1) is 23.2. The number of esters is 1. The highest BCUT2D eigenvalue weighted by molar-refractivity contribution is 6.24. The number of anilines is 1. The van der Waals surface area contributed by atoms with Crippen molar-refractivity contribution in [3.63, 3.8) is 0 Å². The first-order chi connectivity index (χ1) is 16.5. The zero-order valence-corrected chi connectivity index (χ0v) is 19.3. The van der Waals surface area contributed by atoms with Crippen molar-refractivity contribution in [3.8, 4) is 5.75 Å². The molecule has 0 unspecified atom stereocenters. The Morgan fingerprint density at radius 2 is 1.86 bits per heavy atom. The molecule has 5 rings (SSSR count). The molecule has 4 atom stereocenters. The van der Waals surface area contributed by atoms with E-state index in [0.717, 1.165) is 34.7 Å². The molecular weight excluding hydrogens is 465 g/mol. The van der Waals surface area contributed by atoms with Crippen molar-refractivity contribution in [2.75, 3.05) is 18.1 Å². The molecule has 0 radical (unpaired) electrons. The second-order valence-corrected chi connectivity index (χ2v) is 9.18. The SMILES string of the molecule is CCOC(=O)[C@@H]1[C@H]2COc3ccc(C)cc3[C@@H]2N2C(=O)N(c3ccc(C(F)(F)F)cc3)C(=O)[C@]12C. The van der Waals surface area contributed by atoms with E-state index in [1.54, 1.807) is 13.0 Å². The van der Waals surface area contributed by atoms with Crippen LogP contribution in [-0.4, -0.2) is 41.6 Å². The summed E-state index contributed by atoms with van der Waals surface area (Å²) >= 11 is 0. The van der Waals surface area contributed by atoms with Gasteiger partial charge in [-0.05, 0) is 51.1 Å². The first-order valence-electron chi connectivity index (χ1n) is 11.2. The molecule has 2 saturated heterocycles. The van der Waals surface area contributed by atoms with Gasteiger partial charge < -0.3 is 14.4 Å². The van der Waals surface area contributed by atoms with E-state index in [-0.39, 0.29) is 18.9 Å². The molecule has 0 bridgehead atoms. The summed E-state index contributed by atoms with van der Waals surface area (Å²) in [5, 5.41) is 0. The van der Waals surface area contributed by atoms with Crippen LogP contribution in [0.5, 0.6) is 5.75 Å². The van der Waals surface area contributed by atoms with Crippen LogP contribution in [-0.2, 0) is 20.5 Å². The van der Waals surface area contributed by atoms with Crippen LogP contribution in [0.25, 0.3) is 0 Å². The molecule has 0 aromatic heterocycles. The number of benzene rings is 2. The Kier molecular flexibility index (Phi) is 5.12. The molecule has 184 valence electrons. The van der Waals surface area contributed by atoms with Crippen LogP contribution in [0.15, 0.2) is 42.5 Å². The molecule has 0 saturated carbocycles. The molecule has 0 N–H and O–H groups in total. The fourth-order valence-electron chi connectivity index (χ4n) is 5.64. The molecule has 3 heterocycles. The summed E-state index contributed by atoms with van der Waals surface area (Å²) in [6.07, 6.45) is -4.56. The molecule has 0 aliphatic carbocycles. The van der Waals surface area contributed by atoms with E-state index in [1.807, 2.05) is 19.1 Å². The summed E-state index contributed by atoms with van der Waals surface area (Å²) in [5.41, 5.74) is -0.915. The van der Waals surface area contributed by atoms with Gasteiger partial charge in [0, 0.05) is 11.5 Å². The lowest BCUT2D eigenvalue weighted by Crippen LogP contribution is -2.51. The Balaban J connectivity index is 1.64. The Bertz CT molecular complexity index is 1230. The predicted octanol–water partition coefficient (Wildman–Crippen LogP) is 4.48. The second-order valence-electron chi connectivity index (χ2n) is 9.18. The van der Waals surface area contributed by atoms with Crippen LogP contribution in [0.4, 0.5) is 23.7 Å². The number of carbonyl (C=O) groups excluding carboxylic acids is 3. The van der Waals surface area contributed by atoms with Gasteiger partial charge in [-0.3, -0.25) is 9.59 Å². The summed E-state index contributed by atoms with van der Waals surface area (Å²) in [7, 11) is 0. The number of amides is 3.